The van der Waals surface area contributed by atoms with Crippen molar-refractivity contribution in [3.8, 4) is 17.3 Å². The van der Waals surface area contributed by atoms with Crippen LogP contribution >= 0.6 is 27.7 Å². The average Bonchev–Trinajstić information content (AvgIpc) is 2.56. The fourth-order valence-corrected chi connectivity index (χ4v) is 3.08. The van der Waals surface area contributed by atoms with Gasteiger partial charge in [-0.3, -0.25) is 9.78 Å². The number of nitrogens with zero attached hydrogens (tertiary/aromatic N) is 2. The largest absolute Gasteiger partial charge is 0.436 e. The van der Waals surface area contributed by atoms with Crippen molar-refractivity contribution in [2.24, 2.45) is 0 Å². The lowest BCUT2D eigenvalue weighted by molar-refractivity contribution is -0.245. The second kappa shape index (κ2) is 8.33. The SMILES string of the molecule is CCSc1cc(Br)cnc1-c1ncc(OC(F)(F)C(F)C(F)F)c(=O)[nH]1. The van der Waals surface area contributed by atoms with Crippen LogP contribution in [0.1, 0.15) is 6.92 Å². The summed E-state index contributed by atoms with van der Waals surface area (Å²) >= 11 is 4.65. The van der Waals surface area contributed by atoms with Gasteiger partial charge in [0.25, 0.3) is 18.2 Å². The number of ether oxygens (including phenoxy) is 1. The second-order valence-electron chi connectivity index (χ2n) is 4.76. The van der Waals surface area contributed by atoms with Gasteiger partial charge in [0.05, 0.1) is 6.20 Å². The molecule has 1 atom stereocenters. The summed E-state index contributed by atoms with van der Waals surface area (Å²) in [6.45, 7) is 1.89. The van der Waals surface area contributed by atoms with Crippen LogP contribution in [0, 0.1) is 0 Å². The third-order valence-electron chi connectivity index (χ3n) is 2.90. The highest BCUT2D eigenvalue weighted by molar-refractivity contribution is 9.10. The molecular formula is C14H11BrF5N3O2S. The molecule has 1 N–H and O–H groups in total. The number of nitrogens with one attached hydrogen (secondary N) is 1. The molecule has 26 heavy (non-hydrogen) atoms. The first-order chi connectivity index (χ1) is 12.2. The molecule has 0 aliphatic carbocycles. The summed E-state index contributed by atoms with van der Waals surface area (Å²) in [7, 11) is 0. The normalized spacial score (nSPS) is 13.1. The van der Waals surface area contributed by atoms with Crippen molar-refractivity contribution in [2.45, 2.75) is 30.5 Å². The van der Waals surface area contributed by atoms with E-state index in [9.17, 15) is 26.7 Å². The molecule has 2 aromatic rings. The summed E-state index contributed by atoms with van der Waals surface area (Å²) in [5.74, 6) is -0.447. The van der Waals surface area contributed by atoms with E-state index in [1.165, 1.54) is 18.0 Å². The molecule has 0 saturated heterocycles. The number of aromatic nitrogens is 3. The van der Waals surface area contributed by atoms with Crippen LogP contribution in [0.15, 0.2) is 32.6 Å². The highest BCUT2D eigenvalue weighted by atomic mass is 79.9. The van der Waals surface area contributed by atoms with Gasteiger partial charge < -0.3 is 9.72 Å². The van der Waals surface area contributed by atoms with E-state index in [0.29, 0.717) is 21.3 Å². The van der Waals surface area contributed by atoms with Gasteiger partial charge in [-0.2, -0.15) is 8.78 Å². The molecule has 2 rings (SSSR count). The van der Waals surface area contributed by atoms with Crippen LogP contribution in [0.5, 0.6) is 5.75 Å². The van der Waals surface area contributed by atoms with E-state index in [2.05, 4.69) is 35.6 Å². The quantitative estimate of drug-likeness (QED) is 0.494. The molecule has 1 unspecified atom stereocenters. The molecular weight excluding hydrogens is 449 g/mol. The van der Waals surface area contributed by atoms with E-state index < -0.39 is 30.0 Å². The van der Waals surface area contributed by atoms with E-state index in [0.717, 1.165) is 0 Å². The molecule has 2 aromatic heterocycles. The first kappa shape index (κ1) is 20.6. The van der Waals surface area contributed by atoms with Crippen LogP contribution in [0.25, 0.3) is 11.5 Å². The lowest BCUT2D eigenvalue weighted by atomic mass is 10.3. The summed E-state index contributed by atoms with van der Waals surface area (Å²) in [5, 5.41) is 0. The Morgan fingerprint density at radius 2 is 2.00 bits per heavy atom. The zero-order valence-corrected chi connectivity index (χ0v) is 15.4. The van der Waals surface area contributed by atoms with Gasteiger partial charge in [0.2, 0.25) is 5.75 Å². The first-order valence-corrected chi connectivity index (χ1v) is 8.80. The van der Waals surface area contributed by atoms with E-state index >= 15 is 0 Å². The molecule has 0 aliphatic heterocycles. The lowest BCUT2D eigenvalue weighted by Gasteiger charge is -2.20. The molecule has 0 aliphatic rings. The van der Waals surface area contributed by atoms with Crippen LogP contribution in [0.4, 0.5) is 22.0 Å². The Morgan fingerprint density at radius 3 is 2.58 bits per heavy atom. The van der Waals surface area contributed by atoms with Crippen molar-refractivity contribution in [2.75, 3.05) is 5.75 Å². The van der Waals surface area contributed by atoms with Crippen molar-refractivity contribution in [3.63, 3.8) is 0 Å². The van der Waals surface area contributed by atoms with Crippen molar-refractivity contribution in [1.29, 1.82) is 0 Å². The summed E-state index contributed by atoms with van der Waals surface area (Å²) in [4.78, 5) is 22.6. The first-order valence-electron chi connectivity index (χ1n) is 7.02. The number of alkyl halides is 5. The Balaban J connectivity index is 2.35. The summed E-state index contributed by atoms with van der Waals surface area (Å²) in [6.07, 6.45) is -10.7. The Morgan fingerprint density at radius 1 is 1.31 bits per heavy atom. The Labute approximate surface area is 156 Å². The highest BCUT2D eigenvalue weighted by Gasteiger charge is 2.49. The predicted molar refractivity (Wildman–Crippen MR) is 88.7 cm³/mol. The fraction of sp³-hybridized carbons (Fsp3) is 0.357. The van der Waals surface area contributed by atoms with Gasteiger partial charge in [0, 0.05) is 15.6 Å². The second-order valence-corrected chi connectivity index (χ2v) is 6.98. The number of rotatable bonds is 7. The van der Waals surface area contributed by atoms with Gasteiger partial charge in [-0.25, -0.2) is 18.2 Å². The van der Waals surface area contributed by atoms with Gasteiger partial charge in [-0.15, -0.1) is 11.8 Å². The van der Waals surface area contributed by atoms with E-state index in [1.807, 2.05) is 6.92 Å². The van der Waals surface area contributed by atoms with Crippen LogP contribution in [0.3, 0.4) is 0 Å². The van der Waals surface area contributed by atoms with Crippen molar-refractivity contribution in [1.82, 2.24) is 15.0 Å². The van der Waals surface area contributed by atoms with Crippen LogP contribution in [0.2, 0.25) is 0 Å². The number of hydrogen-bond acceptors (Lipinski definition) is 5. The Bertz CT molecular complexity index is 836. The van der Waals surface area contributed by atoms with Gasteiger partial charge in [0.1, 0.15) is 5.69 Å². The lowest BCUT2D eigenvalue weighted by Crippen LogP contribution is -2.42. The number of thioether (sulfide) groups is 1. The zero-order valence-electron chi connectivity index (χ0n) is 13.0. The molecule has 0 fully saturated rings. The summed E-state index contributed by atoms with van der Waals surface area (Å²) in [6, 6.07) is 1.73. The van der Waals surface area contributed by atoms with Crippen molar-refractivity contribution < 1.29 is 26.7 Å². The van der Waals surface area contributed by atoms with Crippen LogP contribution in [-0.2, 0) is 0 Å². The molecule has 142 valence electrons. The number of H-pyrrole nitrogens is 1. The monoisotopic (exact) mass is 459 g/mol. The maximum Gasteiger partial charge on any atom is 0.436 e. The van der Waals surface area contributed by atoms with Crippen LogP contribution in [-0.4, -0.2) is 39.4 Å². The van der Waals surface area contributed by atoms with Crippen molar-refractivity contribution in [3.05, 3.63) is 33.3 Å². The highest BCUT2D eigenvalue weighted by Crippen LogP contribution is 2.31. The minimum atomic E-state index is -4.89. The predicted octanol–water partition coefficient (Wildman–Crippen LogP) is 4.28. The third kappa shape index (κ3) is 4.72. The molecule has 0 aromatic carbocycles. The summed E-state index contributed by atoms with van der Waals surface area (Å²) < 4.78 is 68.2. The maximum absolute atomic E-state index is 13.3. The molecule has 0 bridgehead atoms. The standard InChI is InChI=1S/C14H11BrF5N3O2S/c1-2-26-8-3-6(15)4-21-9(8)12-22-5-7(13(24)23-12)25-14(19,20)10(16)11(17)18/h3-5,10-11H,2H2,1H3,(H,22,23,24). The van der Waals surface area contributed by atoms with E-state index in [-0.39, 0.29) is 11.5 Å². The molecule has 0 spiro atoms. The third-order valence-corrected chi connectivity index (χ3v) is 4.24. The Kier molecular flexibility index (Phi) is 6.61. The van der Waals surface area contributed by atoms with Crippen LogP contribution < -0.4 is 10.3 Å². The summed E-state index contributed by atoms with van der Waals surface area (Å²) in [5.41, 5.74) is -0.903. The molecule has 0 saturated carbocycles. The number of aromatic amines is 1. The average molecular weight is 460 g/mol. The number of halogens is 6. The number of pyridine rings is 1. The van der Waals surface area contributed by atoms with Gasteiger partial charge in [0.15, 0.2) is 5.82 Å². The van der Waals surface area contributed by atoms with Crippen molar-refractivity contribution >= 4 is 27.7 Å². The minimum absolute atomic E-state index is 0.0419. The smallest absolute Gasteiger partial charge is 0.423 e. The van der Waals surface area contributed by atoms with E-state index in [4.69, 9.17) is 0 Å². The fourth-order valence-electron chi connectivity index (χ4n) is 1.79. The minimum Gasteiger partial charge on any atom is -0.423 e. The molecule has 12 heteroatoms. The zero-order chi connectivity index (χ0) is 19.5. The number of hydrogen-bond donors (Lipinski definition) is 1. The van der Waals surface area contributed by atoms with Gasteiger partial charge in [-0.05, 0) is 27.7 Å². The van der Waals surface area contributed by atoms with Gasteiger partial charge >= 0.3 is 6.11 Å². The molecule has 2 heterocycles. The topological polar surface area (TPSA) is 67.9 Å². The molecule has 5 nitrogen and oxygen atoms in total. The Hall–Kier alpha value is -1.69. The van der Waals surface area contributed by atoms with E-state index in [1.54, 1.807) is 6.07 Å². The molecule has 0 amide bonds. The van der Waals surface area contributed by atoms with Gasteiger partial charge in [-0.1, -0.05) is 6.92 Å². The maximum atomic E-state index is 13.3. The molecule has 0 radical (unpaired) electrons.